The summed E-state index contributed by atoms with van der Waals surface area (Å²) in [5.74, 6) is 0. The first-order valence-corrected chi connectivity index (χ1v) is 6.03. The molecule has 0 radical (unpaired) electrons. The van der Waals surface area contributed by atoms with Gasteiger partial charge in [-0.15, -0.1) is 11.3 Å². The molecule has 1 aromatic heterocycles. The van der Waals surface area contributed by atoms with Crippen LogP contribution in [0.2, 0.25) is 5.02 Å². The van der Waals surface area contributed by atoms with Crippen LogP contribution in [0, 0.1) is 6.92 Å². The number of hydrogen-bond acceptors (Lipinski definition) is 1. The molecule has 1 heterocycles. The van der Waals surface area contributed by atoms with Gasteiger partial charge in [0.2, 0.25) is 0 Å². The number of thiophene rings is 1. The maximum atomic E-state index is 6.25. The molecule has 0 aliphatic heterocycles. The lowest BCUT2D eigenvalue weighted by Gasteiger charge is -1.98. The van der Waals surface area contributed by atoms with Gasteiger partial charge in [0.05, 0.1) is 5.02 Å². The molecule has 0 fully saturated rings. The highest BCUT2D eigenvalue weighted by Gasteiger charge is 2.08. The summed E-state index contributed by atoms with van der Waals surface area (Å²) >= 11 is 8.03. The van der Waals surface area contributed by atoms with E-state index in [0.29, 0.717) is 0 Å². The fourth-order valence-electron chi connectivity index (χ4n) is 1.91. The Labute approximate surface area is 97.1 Å². The van der Waals surface area contributed by atoms with Crippen LogP contribution in [0.15, 0.2) is 36.4 Å². The van der Waals surface area contributed by atoms with E-state index in [1.807, 2.05) is 0 Å². The second-order valence-corrected chi connectivity index (χ2v) is 5.24. The summed E-state index contributed by atoms with van der Waals surface area (Å²) in [5.41, 5.74) is 0. The summed E-state index contributed by atoms with van der Waals surface area (Å²) in [5, 5.41) is 4.66. The summed E-state index contributed by atoms with van der Waals surface area (Å²) in [6, 6.07) is 12.7. The molecule has 74 valence electrons. The second kappa shape index (κ2) is 3.22. The SMILES string of the molecule is Cc1sc2c(ccc3ccccc32)c1Cl. The third-order valence-electron chi connectivity index (χ3n) is 2.68. The summed E-state index contributed by atoms with van der Waals surface area (Å²) in [7, 11) is 0. The van der Waals surface area contributed by atoms with Crippen LogP contribution in [0.1, 0.15) is 4.88 Å². The van der Waals surface area contributed by atoms with E-state index in [-0.39, 0.29) is 0 Å². The molecule has 0 unspecified atom stereocenters. The lowest BCUT2D eigenvalue weighted by Crippen LogP contribution is -1.71. The van der Waals surface area contributed by atoms with Crippen molar-refractivity contribution in [1.82, 2.24) is 0 Å². The maximum absolute atomic E-state index is 6.25. The standard InChI is InChI=1S/C13H9ClS/c1-8-12(14)11-7-6-9-4-2-3-5-10(9)13(11)15-8/h2-7H,1H3. The van der Waals surface area contributed by atoms with E-state index in [1.54, 1.807) is 11.3 Å². The molecule has 0 aliphatic carbocycles. The average Bonchev–Trinajstić information content (AvgIpc) is 2.56. The molecule has 3 rings (SSSR count). The first kappa shape index (κ1) is 9.20. The number of halogens is 1. The van der Waals surface area contributed by atoms with Gasteiger partial charge >= 0.3 is 0 Å². The van der Waals surface area contributed by atoms with Gasteiger partial charge in [0.15, 0.2) is 0 Å². The predicted octanol–water partition coefficient (Wildman–Crippen LogP) is 5.02. The summed E-state index contributed by atoms with van der Waals surface area (Å²) in [6.45, 7) is 2.07. The van der Waals surface area contributed by atoms with Gasteiger partial charge in [0.25, 0.3) is 0 Å². The van der Waals surface area contributed by atoms with Crippen LogP contribution in [-0.2, 0) is 0 Å². The fourth-order valence-corrected chi connectivity index (χ4v) is 3.32. The van der Waals surface area contributed by atoms with Gasteiger partial charge in [-0.25, -0.2) is 0 Å². The zero-order valence-corrected chi connectivity index (χ0v) is 9.82. The molecule has 0 aliphatic rings. The Morgan fingerprint density at radius 3 is 2.67 bits per heavy atom. The number of fused-ring (bicyclic) bond motifs is 3. The molecular weight excluding hydrogens is 224 g/mol. The van der Waals surface area contributed by atoms with Gasteiger partial charge in [0, 0.05) is 15.0 Å². The second-order valence-electron chi connectivity index (χ2n) is 3.64. The highest BCUT2D eigenvalue weighted by molar-refractivity contribution is 7.20. The van der Waals surface area contributed by atoms with E-state index < -0.39 is 0 Å². The molecule has 15 heavy (non-hydrogen) atoms. The molecule has 0 spiro atoms. The molecule has 0 amide bonds. The van der Waals surface area contributed by atoms with Gasteiger partial charge < -0.3 is 0 Å². The van der Waals surface area contributed by atoms with Crippen molar-refractivity contribution in [3.8, 4) is 0 Å². The van der Waals surface area contributed by atoms with Gasteiger partial charge in [-0.1, -0.05) is 48.0 Å². The third-order valence-corrected chi connectivity index (χ3v) is 4.43. The van der Waals surface area contributed by atoms with E-state index >= 15 is 0 Å². The van der Waals surface area contributed by atoms with Crippen LogP contribution >= 0.6 is 22.9 Å². The monoisotopic (exact) mass is 232 g/mol. The molecule has 0 saturated carbocycles. The van der Waals surface area contributed by atoms with E-state index in [4.69, 9.17) is 11.6 Å². The Kier molecular flexibility index (Phi) is 1.98. The van der Waals surface area contributed by atoms with E-state index in [2.05, 4.69) is 43.3 Å². The number of rotatable bonds is 0. The Morgan fingerprint density at radius 2 is 1.80 bits per heavy atom. The maximum Gasteiger partial charge on any atom is 0.0621 e. The molecule has 0 bridgehead atoms. The van der Waals surface area contributed by atoms with Crippen LogP contribution in [0.3, 0.4) is 0 Å². The first-order valence-electron chi connectivity index (χ1n) is 4.84. The zero-order valence-electron chi connectivity index (χ0n) is 8.25. The fraction of sp³-hybridized carbons (Fsp3) is 0.0769. The minimum atomic E-state index is 0.903. The quantitative estimate of drug-likeness (QED) is 0.511. The van der Waals surface area contributed by atoms with Gasteiger partial charge in [-0.2, -0.15) is 0 Å². The Morgan fingerprint density at radius 1 is 1.00 bits per heavy atom. The Bertz CT molecular complexity index is 652. The lowest BCUT2D eigenvalue weighted by molar-refractivity contribution is 1.65. The molecular formula is C13H9ClS. The minimum Gasteiger partial charge on any atom is -0.138 e. The minimum absolute atomic E-state index is 0.903. The van der Waals surface area contributed by atoms with Crippen molar-refractivity contribution >= 4 is 43.8 Å². The summed E-state index contributed by atoms with van der Waals surface area (Å²) in [4.78, 5) is 1.20. The molecule has 0 saturated heterocycles. The van der Waals surface area contributed by atoms with Crippen molar-refractivity contribution in [3.63, 3.8) is 0 Å². The largest absolute Gasteiger partial charge is 0.138 e. The zero-order chi connectivity index (χ0) is 10.4. The van der Waals surface area contributed by atoms with E-state index in [0.717, 1.165) is 5.02 Å². The van der Waals surface area contributed by atoms with Crippen LogP contribution in [-0.4, -0.2) is 0 Å². The molecule has 0 N–H and O–H groups in total. The summed E-state index contributed by atoms with van der Waals surface area (Å²) in [6.07, 6.45) is 0. The number of aryl methyl sites for hydroxylation is 1. The molecule has 0 nitrogen and oxygen atoms in total. The third kappa shape index (κ3) is 1.27. The van der Waals surface area contributed by atoms with Crippen molar-refractivity contribution < 1.29 is 0 Å². The van der Waals surface area contributed by atoms with E-state index in [9.17, 15) is 0 Å². The highest BCUT2D eigenvalue weighted by atomic mass is 35.5. The van der Waals surface area contributed by atoms with Crippen LogP contribution in [0.5, 0.6) is 0 Å². The molecule has 2 heteroatoms. The normalized spacial score (nSPS) is 11.3. The molecule has 0 atom stereocenters. The molecule has 2 aromatic carbocycles. The van der Waals surface area contributed by atoms with Crippen LogP contribution < -0.4 is 0 Å². The summed E-state index contributed by atoms with van der Waals surface area (Å²) < 4.78 is 1.30. The Balaban J connectivity index is 2.60. The van der Waals surface area contributed by atoms with Crippen LogP contribution in [0.25, 0.3) is 20.9 Å². The molecule has 3 aromatic rings. The van der Waals surface area contributed by atoms with Gasteiger partial charge in [0.1, 0.15) is 0 Å². The average molecular weight is 233 g/mol. The van der Waals surface area contributed by atoms with Crippen molar-refractivity contribution in [2.75, 3.05) is 0 Å². The highest BCUT2D eigenvalue weighted by Crippen LogP contribution is 2.38. The van der Waals surface area contributed by atoms with Gasteiger partial charge in [-0.05, 0) is 17.7 Å². The van der Waals surface area contributed by atoms with E-state index in [1.165, 1.54) is 25.7 Å². The smallest absolute Gasteiger partial charge is 0.0621 e. The number of hydrogen-bond donors (Lipinski definition) is 0. The van der Waals surface area contributed by atoms with Crippen molar-refractivity contribution in [1.29, 1.82) is 0 Å². The predicted molar refractivity (Wildman–Crippen MR) is 69.1 cm³/mol. The van der Waals surface area contributed by atoms with Crippen molar-refractivity contribution in [2.45, 2.75) is 6.92 Å². The Hall–Kier alpha value is -1.05. The topological polar surface area (TPSA) is 0 Å². The lowest BCUT2D eigenvalue weighted by atomic mass is 10.1. The first-order chi connectivity index (χ1) is 7.27. The van der Waals surface area contributed by atoms with Gasteiger partial charge in [-0.3, -0.25) is 0 Å². The van der Waals surface area contributed by atoms with Crippen molar-refractivity contribution in [3.05, 3.63) is 46.3 Å². The number of benzene rings is 2. The van der Waals surface area contributed by atoms with Crippen LogP contribution in [0.4, 0.5) is 0 Å². The van der Waals surface area contributed by atoms with Crippen molar-refractivity contribution in [2.24, 2.45) is 0 Å².